The summed E-state index contributed by atoms with van der Waals surface area (Å²) in [6, 6.07) is 9.71. The predicted molar refractivity (Wildman–Crippen MR) is 108 cm³/mol. The first-order valence-electron chi connectivity index (χ1n) is 8.69. The van der Waals surface area contributed by atoms with Gasteiger partial charge in [-0.15, -0.1) is 0 Å². The van der Waals surface area contributed by atoms with Gasteiger partial charge in [-0.1, -0.05) is 50.2 Å². The largest absolute Gasteiger partial charge is 0.457 e. The van der Waals surface area contributed by atoms with Gasteiger partial charge in [-0.25, -0.2) is 4.39 Å². The van der Waals surface area contributed by atoms with Crippen LogP contribution in [-0.4, -0.2) is 21.7 Å². The lowest BCUT2D eigenvalue weighted by Gasteiger charge is -2.13. The standard InChI is InChI=1S/C20H20FNO2S2/c1-2-3-4-5-12-22-19(23)18(26-20(22)25)13-16-10-11-17(24-16)14-6-8-15(21)9-7-14/h6-11,13H,2-5,12H2,1H3. The summed E-state index contributed by atoms with van der Waals surface area (Å²) in [4.78, 5) is 14.8. The second-order valence-electron chi connectivity index (χ2n) is 6.10. The molecule has 0 unspecified atom stereocenters. The first kappa shape index (κ1) is 18.9. The van der Waals surface area contributed by atoms with Crippen molar-refractivity contribution in [2.45, 2.75) is 32.6 Å². The van der Waals surface area contributed by atoms with Gasteiger partial charge in [-0.3, -0.25) is 9.69 Å². The summed E-state index contributed by atoms with van der Waals surface area (Å²) in [5, 5.41) is 0. The van der Waals surface area contributed by atoms with Crippen LogP contribution in [0, 0.1) is 5.82 Å². The van der Waals surface area contributed by atoms with Crippen molar-refractivity contribution in [3.05, 3.63) is 52.9 Å². The summed E-state index contributed by atoms with van der Waals surface area (Å²) in [5.74, 6) is 0.862. The molecular weight excluding hydrogens is 369 g/mol. The molecule has 3 rings (SSSR count). The van der Waals surface area contributed by atoms with E-state index in [1.54, 1.807) is 29.2 Å². The molecule has 1 aliphatic heterocycles. The molecule has 0 radical (unpaired) electrons. The third-order valence-corrected chi connectivity index (χ3v) is 5.52. The second-order valence-corrected chi connectivity index (χ2v) is 7.78. The van der Waals surface area contributed by atoms with E-state index in [0.717, 1.165) is 24.8 Å². The third-order valence-electron chi connectivity index (χ3n) is 4.14. The SMILES string of the molecule is CCCCCCN1C(=O)C(=Cc2ccc(-c3ccc(F)cc3)o2)SC1=S. The van der Waals surface area contributed by atoms with Gasteiger partial charge >= 0.3 is 0 Å². The number of nitrogens with zero attached hydrogens (tertiary/aromatic N) is 1. The van der Waals surface area contributed by atoms with Crippen LogP contribution >= 0.6 is 24.0 Å². The van der Waals surface area contributed by atoms with E-state index in [2.05, 4.69) is 6.92 Å². The Balaban J connectivity index is 1.69. The smallest absolute Gasteiger partial charge is 0.266 e. The van der Waals surface area contributed by atoms with Gasteiger partial charge in [0.15, 0.2) is 0 Å². The maximum atomic E-state index is 13.0. The lowest BCUT2D eigenvalue weighted by molar-refractivity contribution is -0.122. The number of thioether (sulfide) groups is 1. The van der Waals surface area contributed by atoms with Crippen molar-refractivity contribution in [2.24, 2.45) is 0 Å². The van der Waals surface area contributed by atoms with E-state index in [-0.39, 0.29) is 11.7 Å². The maximum absolute atomic E-state index is 13.0. The van der Waals surface area contributed by atoms with E-state index < -0.39 is 0 Å². The number of furan rings is 1. The highest BCUT2D eigenvalue weighted by Gasteiger charge is 2.31. The zero-order chi connectivity index (χ0) is 18.5. The van der Waals surface area contributed by atoms with Crippen LogP contribution in [0.5, 0.6) is 0 Å². The van der Waals surface area contributed by atoms with Gasteiger partial charge in [0.25, 0.3) is 5.91 Å². The molecule has 0 spiro atoms. The normalized spacial score (nSPS) is 16.1. The third kappa shape index (κ3) is 4.43. The fourth-order valence-corrected chi connectivity index (χ4v) is 4.01. The van der Waals surface area contributed by atoms with Crippen LogP contribution < -0.4 is 0 Å². The first-order valence-corrected chi connectivity index (χ1v) is 9.92. The number of rotatable bonds is 7. The van der Waals surface area contributed by atoms with E-state index in [4.69, 9.17) is 16.6 Å². The summed E-state index contributed by atoms with van der Waals surface area (Å²) in [6.07, 6.45) is 6.11. The van der Waals surface area contributed by atoms with Crippen molar-refractivity contribution in [3.8, 4) is 11.3 Å². The Morgan fingerprint density at radius 2 is 1.92 bits per heavy atom. The molecule has 0 aliphatic carbocycles. The minimum atomic E-state index is -0.289. The van der Waals surface area contributed by atoms with Crippen molar-refractivity contribution < 1.29 is 13.6 Å². The number of halogens is 1. The molecule has 1 fully saturated rings. The molecule has 1 amide bonds. The van der Waals surface area contributed by atoms with Gasteiger partial charge in [-0.05, 0) is 42.8 Å². The highest BCUT2D eigenvalue weighted by molar-refractivity contribution is 8.26. The predicted octanol–water partition coefficient (Wildman–Crippen LogP) is 5.87. The Morgan fingerprint density at radius 1 is 1.15 bits per heavy atom. The lowest BCUT2D eigenvalue weighted by atomic mass is 10.2. The van der Waals surface area contributed by atoms with E-state index in [9.17, 15) is 9.18 Å². The molecule has 136 valence electrons. The Morgan fingerprint density at radius 3 is 2.65 bits per heavy atom. The number of thiocarbonyl (C=S) groups is 1. The first-order chi connectivity index (χ1) is 12.6. The highest BCUT2D eigenvalue weighted by Crippen LogP contribution is 2.33. The fourth-order valence-electron chi connectivity index (χ4n) is 2.72. The minimum Gasteiger partial charge on any atom is -0.457 e. The zero-order valence-electron chi connectivity index (χ0n) is 14.5. The molecule has 2 heterocycles. The molecule has 2 aromatic rings. The summed E-state index contributed by atoms with van der Waals surface area (Å²) >= 11 is 6.65. The summed E-state index contributed by atoms with van der Waals surface area (Å²) in [6.45, 7) is 2.83. The molecule has 1 aromatic carbocycles. The van der Waals surface area contributed by atoms with E-state index in [1.807, 2.05) is 6.07 Å². The van der Waals surface area contributed by atoms with Gasteiger partial charge in [0.2, 0.25) is 0 Å². The Labute approximate surface area is 162 Å². The maximum Gasteiger partial charge on any atom is 0.266 e. The molecule has 0 atom stereocenters. The molecule has 0 N–H and O–H groups in total. The van der Waals surface area contributed by atoms with Gasteiger partial charge < -0.3 is 4.42 Å². The van der Waals surface area contributed by atoms with Crippen molar-refractivity contribution in [1.29, 1.82) is 0 Å². The van der Waals surface area contributed by atoms with Crippen LogP contribution in [0.1, 0.15) is 38.4 Å². The number of benzene rings is 1. The summed E-state index contributed by atoms with van der Waals surface area (Å²) < 4.78 is 19.4. The number of amides is 1. The van der Waals surface area contributed by atoms with Gasteiger partial charge in [-0.2, -0.15) is 0 Å². The lowest BCUT2D eigenvalue weighted by Crippen LogP contribution is -2.28. The van der Waals surface area contributed by atoms with Gasteiger partial charge in [0.05, 0.1) is 4.91 Å². The minimum absolute atomic E-state index is 0.0590. The Bertz CT molecular complexity index is 827. The Hall–Kier alpha value is -1.92. The van der Waals surface area contributed by atoms with Gasteiger partial charge in [0.1, 0.15) is 21.7 Å². The average molecular weight is 390 g/mol. The van der Waals surface area contributed by atoms with Crippen LogP contribution in [0.4, 0.5) is 4.39 Å². The van der Waals surface area contributed by atoms with Crippen molar-refractivity contribution in [1.82, 2.24) is 4.90 Å². The van der Waals surface area contributed by atoms with Crippen molar-refractivity contribution in [3.63, 3.8) is 0 Å². The molecule has 1 aromatic heterocycles. The highest BCUT2D eigenvalue weighted by atomic mass is 32.2. The molecular formula is C20H20FNO2S2. The molecule has 1 aliphatic rings. The van der Waals surface area contributed by atoms with Crippen LogP contribution in [0.15, 0.2) is 45.7 Å². The number of carbonyl (C=O) groups is 1. The zero-order valence-corrected chi connectivity index (χ0v) is 16.2. The number of hydrogen-bond donors (Lipinski definition) is 0. The summed E-state index contributed by atoms with van der Waals surface area (Å²) in [7, 11) is 0. The molecule has 0 bridgehead atoms. The monoisotopic (exact) mass is 389 g/mol. The van der Waals surface area contributed by atoms with E-state index in [1.165, 1.54) is 30.3 Å². The molecule has 1 saturated heterocycles. The van der Waals surface area contributed by atoms with Crippen LogP contribution in [0.25, 0.3) is 17.4 Å². The van der Waals surface area contributed by atoms with Crippen LogP contribution in [-0.2, 0) is 4.79 Å². The molecule has 6 heteroatoms. The molecule has 3 nitrogen and oxygen atoms in total. The van der Waals surface area contributed by atoms with Crippen molar-refractivity contribution >= 4 is 40.3 Å². The fraction of sp³-hybridized carbons (Fsp3) is 0.300. The van der Waals surface area contributed by atoms with Gasteiger partial charge in [0, 0.05) is 18.2 Å². The molecule has 0 saturated carbocycles. The second kappa shape index (κ2) is 8.64. The quantitative estimate of drug-likeness (QED) is 0.337. The average Bonchev–Trinajstić information content (AvgIpc) is 3.19. The van der Waals surface area contributed by atoms with E-state index in [0.29, 0.717) is 27.3 Å². The number of unbranched alkanes of at least 4 members (excludes halogenated alkanes) is 3. The Kier molecular flexibility index (Phi) is 6.27. The molecule has 26 heavy (non-hydrogen) atoms. The van der Waals surface area contributed by atoms with Crippen molar-refractivity contribution in [2.75, 3.05) is 6.54 Å². The number of carbonyl (C=O) groups excluding carboxylic acids is 1. The topological polar surface area (TPSA) is 33.5 Å². The van der Waals surface area contributed by atoms with Crippen LogP contribution in [0.3, 0.4) is 0 Å². The number of hydrogen-bond acceptors (Lipinski definition) is 4. The van der Waals surface area contributed by atoms with E-state index >= 15 is 0 Å². The van der Waals surface area contributed by atoms with Crippen LogP contribution in [0.2, 0.25) is 0 Å². The summed E-state index contributed by atoms with van der Waals surface area (Å²) in [5.41, 5.74) is 0.787.